The summed E-state index contributed by atoms with van der Waals surface area (Å²) in [5.74, 6) is 1.12. The maximum atomic E-state index is 3.79. The molecule has 16 heavy (non-hydrogen) atoms. The molecule has 2 nitrogen and oxygen atoms in total. The van der Waals surface area contributed by atoms with Crippen LogP contribution in [0.15, 0.2) is 0 Å². The average molecular weight is 222 g/mol. The smallest absolute Gasteiger partial charge is 0.0198 e. The SMILES string of the molecule is C(CC1CC1)CN1CCCC(NC2CC2)C1. The van der Waals surface area contributed by atoms with Gasteiger partial charge < -0.3 is 10.2 Å². The minimum atomic E-state index is 0.808. The Balaban J connectivity index is 1.33. The Kier molecular flexibility index (Phi) is 3.49. The molecule has 1 aliphatic heterocycles. The molecule has 0 amide bonds. The van der Waals surface area contributed by atoms with Gasteiger partial charge in [0.15, 0.2) is 0 Å². The number of hydrogen-bond donors (Lipinski definition) is 1. The summed E-state index contributed by atoms with van der Waals surface area (Å²) in [5, 5.41) is 3.79. The van der Waals surface area contributed by atoms with E-state index in [4.69, 9.17) is 0 Å². The lowest BCUT2D eigenvalue weighted by atomic mass is 10.0. The van der Waals surface area contributed by atoms with E-state index in [1.54, 1.807) is 0 Å². The molecule has 1 N–H and O–H groups in total. The number of piperidine rings is 1. The molecule has 3 aliphatic rings. The van der Waals surface area contributed by atoms with Gasteiger partial charge in [0.2, 0.25) is 0 Å². The number of nitrogens with zero attached hydrogens (tertiary/aromatic N) is 1. The van der Waals surface area contributed by atoms with E-state index in [0.29, 0.717) is 0 Å². The summed E-state index contributed by atoms with van der Waals surface area (Å²) < 4.78 is 0. The lowest BCUT2D eigenvalue weighted by Crippen LogP contribution is -2.46. The molecule has 0 aromatic rings. The summed E-state index contributed by atoms with van der Waals surface area (Å²) in [6.07, 6.45) is 11.7. The molecule has 2 aliphatic carbocycles. The zero-order valence-corrected chi connectivity index (χ0v) is 10.5. The Labute approximate surface area is 99.8 Å². The quantitative estimate of drug-likeness (QED) is 0.742. The predicted octanol–water partition coefficient (Wildman–Crippen LogP) is 2.39. The molecule has 1 atom stereocenters. The van der Waals surface area contributed by atoms with Crippen LogP contribution in [0.3, 0.4) is 0 Å². The standard InChI is InChI=1S/C14H26N2/c1(3-12-5-6-12)9-16-10-2-4-14(11-16)15-13-7-8-13/h12-15H,1-11H2. The van der Waals surface area contributed by atoms with Crippen LogP contribution in [-0.4, -0.2) is 36.6 Å². The Hall–Kier alpha value is -0.0800. The monoisotopic (exact) mass is 222 g/mol. The highest BCUT2D eigenvalue weighted by Crippen LogP contribution is 2.33. The highest BCUT2D eigenvalue weighted by atomic mass is 15.2. The minimum Gasteiger partial charge on any atom is -0.310 e. The van der Waals surface area contributed by atoms with E-state index in [9.17, 15) is 0 Å². The van der Waals surface area contributed by atoms with Crippen molar-refractivity contribution in [1.29, 1.82) is 0 Å². The molecule has 0 spiro atoms. The van der Waals surface area contributed by atoms with Gasteiger partial charge in [0.1, 0.15) is 0 Å². The van der Waals surface area contributed by atoms with Crippen LogP contribution in [0.2, 0.25) is 0 Å². The summed E-state index contributed by atoms with van der Waals surface area (Å²) in [7, 11) is 0. The third-order valence-corrected chi connectivity index (χ3v) is 4.34. The number of hydrogen-bond acceptors (Lipinski definition) is 2. The number of nitrogens with one attached hydrogen (secondary N) is 1. The van der Waals surface area contributed by atoms with Crippen molar-refractivity contribution in [1.82, 2.24) is 10.2 Å². The zero-order valence-electron chi connectivity index (χ0n) is 10.5. The molecule has 0 radical (unpaired) electrons. The van der Waals surface area contributed by atoms with Gasteiger partial charge in [-0.2, -0.15) is 0 Å². The molecule has 2 heteroatoms. The van der Waals surface area contributed by atoms with Crippen LogP contribution in [0.4, 0.5) is 0 Å². The second-order valence-corrected chi connectivity index (χ2v) is 6.17. The maximum absolute atomic E-state index is 3.79. The van der Waals surface area contributed by atoms with Gasteiger partial charge in [0, 0.05) is 18.6 Å². The van der Waals surface area contributed by atoms with Gasteiger partial charge in [-0.1, -0.05) is 12.8 Å². The molecular formula is C14H26N2. The van der Waals surface area contributed by atoms with Crippen molar-refractivity contribution >= 4 is 0 Å². The molecule has 1 heterocycles. The minimum absolute atomic E-state index is 0.808. The van der Waals surface area contributed by atoms with Crippen molar-refractivity contribution < 1.29 is 0 Å². The molecule has 3 rings (SSSR count). The van der Waals surface area contributed by atoms with E-state index in [1.807, 2.05) is 0 Å². The molecule has 1 unspecified atom stereocenters. The third kappa shape index (κ3) is 3.46. The molecule has 92 valence electrons. The van der Waals surface area contributed by atoms with Crippen molar-refractivity contribution in [2.75, 3.05) is 19.6 Å². The first-order valence-corrected chi connectivity index (χ1v) is 7.38. The Bertz CT molecular complexity index is 221. The summed E-state index contributed by atoms with van der Waals surface area (Å²) in [6.45, 7) is 4.04. The first-order chi connectivity index (χ1) is 7.90. The summed E-state index contributed by atoms with van der Waals surface area (Å²) in [6, 6.07) is 1.69. The van der Waals surface area contributed by atoms with E-state index in [-0.39, 0.29) is 0 Å². The predicted molar refractivity (Wildman–Crippen MR) is 67.6 cm³/mol. The fraction of sp³-hybridized carbons (Fsp3) is 1.00. The third-order valence-electron chi connectivity index (χ3n) is 4.34. The van der Waals surface area contributed by atoms with Crippen LogP contribution in [-0.2, 0) is 0 Å². The van der Waals surface area contributed by atoms with E-state index in [1.165, 1.54) is 71.0 Å². The van der Waals surface area contributed by atoms with Crippen LogP contribution in [0, 0.1) is 5.92 Å². The molecular weight excluding hydrogens is 196 g/mol. The van der Waals surface area contributed by atoms with Gasteiger partial charge in [-0.25, -0.2) is 0 Å². The van der Waals surface area contributed by atoms with E-state index >= 15 is 0 Å². The topological polar surface area (TPSA) is 15.3 Å². The fourth-order valence-corrected chi connectivity index (χ4v) is 2.99. The van der Waals surface area contributed by atoms with Gasteiger partial charge in [-0.15, -0.1) is 0 Å². The molecule has 0 aromatic carbocycles. The normalized spacial score (nSPS) is 31.9. The maximum Gasteiger partial charge on any atom is 0.0198 e. The Morgan fingerprint density at radius 3 is 2.62 bits per heavy atom. The zero-order chi connectivity index (χ0) is 10.8. The van der Waals surface area contributed by atoms with Gasteiger partial charge in [-0.3, -0.25) is 0 Å². The van der Waals surface area contributed by atoms with Crippen LogP contribution in [0.5, 0.6) is 0 Å². The number of likely N-dealkylation sites (tertiary alicyclic amines) is 1. The van der Waals surface area contributed by atoms with E-state index in [0.717, 1.165) is 18.0 Å². The van der Waals surface area contributed by atoms with Gasteiger partial charge in [0.25, 0.3) is 0 Å². The highest BCUT2D eigenvalue weighted by Gasteiger charge is 2.27. The fourth-order valence-electron chi connectivity index (χ4n) is 2.99. The van der Waals surface area contributed by atoms with Crippen molar-refractivity contribution in [2.45, 2.75) is 63.5 Å². The van der Waals surface area contributed by atoms with Crippen LogP contribution in [0.25, 0.3) is 0 Å². The summed E-state index contributed by atoms with van der Waals surface area (Å²) in [4.78, 5) is 2.70. The lowest BCUT2D eigenvalue weighted by Gasteiger charge is -2.33. The lowest BCUT2D eigenvalue weighted by molar-refractivity contribution is 0.186. The van der Waals surface area contributed by atoms with Crippen LogP contribution >= 0.6 is 0 Å². The van der Waals surface area contributed by atoms with Crippen molar-refractivity contribution in [3.8, 4) is 0 Å². The van der Waals surface area contributed by atoms with Crippen molar-refractivity contribution in [3.63, 3.8) is 0 Å². The summed E-state index contributed by atoms with van der Waals surface area (Å²) in [5.41, 5.74) is 0. The largest absolute Gasteiger partial charge is 0.310 e. The van der Waals surface area contributed by atoms with Crippen molar-refractivity contribution in [3.05, 3.63) is 0 Å². The molecule has 0 bridgehead atoms. The van der Waals surface area contributed by atoms with Crippen LogP contribution in [0.1, 0.15) is 51.4 Å². The van der Waals surface area contributed by atoms with Crippen LogP contribution < -0.4 is 5.32 Å². The highest BCUT2D eigenvalue weighted by molar-refractivity contribution is 4.88. The van der Waals surface area contributed by atoms with Gasteiger partial charge >= 0.3 is 0 Å². The summed E-state index contributed by atoms with van der Waals surface area (Å²) >= 11 is 0. The molecule has 2 saturated carbocycles. The second kappa shape index (κ2) is 5.05. The first-order valence-electron chi connectivity index (χ1n) is 7.38. The Morgan fingerprint density at radius 1 is 1.00 bits per heavy atom. The Morgan fingerprint density at radius 2 is 1.88 bits per heavy atom. The number of rotatable bonds is 6. The first kappa shape index (κ1) is 11.0. The van der Waals surface area contributed by atoms with Gasteiger partial charge in [0.05, 0.1) is 0 Å². The molecule has 1 saturated heterocycles. The molecule has 0 aromatic heterocycles. The van der Waals surface area contributed by atoms with Crippen molar-refractivity contribution in [2.24, 2.45) is 5.92 Å². The second-order valence-electron chi connectivity index (χ2n) is 6.17. The van der Waals surface area contributed by atoms with E-state index in [2.05, 4.69) is 10.2 Å². The molecule has 3 fully saturated rings. The van der Waals surface area contributed by atoms with E-state index < -0.39 is 0 Å². The average Bonchev–Trinajstić information content (AvgIpc) is 3.12. The van der Waals surface area contributed by atoms with Gasteiger partial charge in [-0.05, 0) is 57.5 Å².